The zero-order chi connectivity index (χ0) is 20.1. The molecular formula is C18H28N2O8. The number of carbonyl (C=O) groups is 2. The molecule has 0 aromatic heterocycles. The quantitative estimate of drug-likeness (QED) is 0.525. The molecule has 2 amide bonds. The van der Waals surface area contributed by atoms with E-state index in [0.29, 0.717) is 26.3 Å². The van der Waals surface area contributed by atoms with Crippen LogP contribution in [-0.2, 0) is 38.0 Å². The standard InChI is InChI=1S/C18H28N2O8/c1-17(2)25-11(13(27-17)15(21)19-5-9-7-23-9)12-14(28-18(3,4)26-12)16(22)20-6-10-8-24-10/h9-14H,5-8H2,1-4H3,(H,19,21)(H,20,22)/t9?,10?,11?,12?,13-,14+. The van der Waals surface area contributed by atoms with Gasteiger partial charge in [-0.1, -0.05) is 0 Å². The first-order chi connectivity index (χ1) is 13.1. The van der Waals surface area contributed by atoms with Crippen LogP contribution < -0.4 is 10.6 Å². The van der Waals surface area contributed by atoms with Gasteiger partial charge < -0.3 is 39.1 Å². The molecule has 4 rings (SSSR count). The Morgan fingerprint density at radius 1 is 0.750 bits per heavy atom. The van der Waals surface area contributed by atoms with Crippen LogP contribution in [0.4, 0.5) is 0 Å². The largest absolute Gasteiger partial charge is 0.371 e. The van der Waals surface area contributed by atoms with Crippen molar-refractivity contribution in [1.82, 2.24) is 10.6 Å². The van der Waals surface area contributed by atoms with E-state index < -0.39 is 36.0 Å². The Kier molecular flexibility index (Phi) is 5.13. The number of hydrogen-bond donors (Lipinski definition) is 2. The van der Waals surface area contributed by atoms with Crippen LogP contribution in [0.5, 0.6) is 0 Å². The van der Waals surface area contributed by atoms with Gasteiger partial charge in [0.25, 0.3) is 11.8 Å². The van der Waals surface area contributed by atoms with Gasteiger partial charge in [-0.3, -0.25) is 9.59 Å². The molecule has 0 aromatic carbocycles. The summed E-state index contributed by atoms with van der Waals surface area (Å²) in [4.78, 5) is 25.4. The maximum Gasteiger partial charge on any atom is 0.252 e. The maximum absolute atomic E-state index is 12.7. The van der Waals surface area contributed by atoms with E-state index in [2.05, 4.69) is 10.6 Å². The molecule has 6 atom stereocenters. The van der Waals surface area contributed by atoms with Gasteiger partial charge in [-0.15, -0.1) is 0 Å². The lowest BCUT2D eigenvalue weighted by Gasteiger charge is -2.25. The summed E-state index contributed by atoms with van der Waals surface area (Å²) in [6.07, 6.45) is -3.37. The van der Waals surface area contributed by atoms with Crippen LogP contribution in [-0.4, -0.2) is 86.3 Å². The first-order valence-corrected chi connectivity index (χ1v) is 9.63. The van der Waals surface area contributed by atoms with E-state index in [1.807, 2.05) is 0 Å². The molecule has 4 heterocycles. The molecule has 0 saturated carbocycles. The van der Waals surface area contributed by atoms with Crippen molar-refractivity contribution in [2.75, 3.05) is 26.3 Å². The number of rotatable bonds is 7. The Balaban J connectivity index is 1.48. The fourth-order valence-corrected chi connectivity index (χ4v) is 3.47. The SMILES string of the molecule is CC1(C)OC(C2OC(C)(C)O[C@H]2C(=O)NCC2CO2)[C@@H](C(=O)NCC2CO2)O1. The summed E-state index contributed by atoms with van der Waals surface area (Å²) in [5.41, 5.74) is 0. The lowest BCUT2D eigenvalue weighted by Crippen LogP contribution is -2.52. The Labute approximate surface area is 163 Å². The molecule has 0 spiro atoms. The first kappa shape index (κ1) is 20.0. The lowest BCUT2D eigenvalue weighted by molar-refractivity contribution is -0.175. The molecule has 0 radical (unpaired) electrons. The Morgan fingerprint density at radius 3 is 1.43 bits per heavy atom. The molecule has 4 saturated heterocycles. The van der Waals surface area contributed by atoms with Gasteiger partial charge in [-0.25, -0.2) is 0 Å². The van der Waals surface area contributed by atoms with E-state index >= 15 is 0 Å². The molecule has 28 heavy (non-hydrogen) atoms. The van der Waals surface area contributed by atoms with Gasteiger partial charge in [-0.05, 0) is 27.7 Å². The number of amides is 2. The molecule has 158 valence electrons. The lowest BCUT2D eigenvalue weighted by atomic mass is 10.0. The van der Waals surface area contributed by atoms with Crippen molar-refractivity contribution in [3.8, 4) is 0 Å². The molecule has 10 heteroatoms. The number of ether oxygens (including phenoxy) is 6. The minimum atomic E-state index is -0.998. The maximum atomic E-state index is 12.7. The molecule has 0 bridgehead atoms. The number of carbonyl (C=O) groups excluding carboxylic acids is 2. The van der Waals surface area contributed by atoms with Gasteiger partial charge in [-0.2, -0.15) is 0 Å². The van der Waals surface area contributed by atoms with Crippen molar-refractivity contribution in [3.63, 3.8) is 0 Å². The monoisotopic (exact) mass is 400 g/mol. The van der Waals surface area contributed by atoms with E-state index in [1.165, 1.54) is 0 Å². The van der Waals surface area contributed by atoms with Crippen molar-refractivity contribution in [1.29, 1.82) is 0 Å². The van der Waals surface area contributed by atoms with Crippen molar-refractivity contribution in [2.45, 2.75) is 75.9 Å². The minimum Gasteiger partial charge on any atom is -0.371 e. The van der Waals surface area contributed by atoms with Crippen molar-refractivity contribution < 1.29 is 38.0 Å². The Bertz CT molecular complexity index is 577. The van der Waals surface area contributed by atoms with Gasteiger partial charge in [0.1, 0.15) is 12.2 Å². The highest BCUT2D eigenvalue weighted by Crippen LogP contribution is 2.38. The number of hydrogen-bond acceptors (Lipinski definition) is 8. The summed E-state index contributed by atoms with van der Waals surface area (Å²) >= 11 is 0. The smallest absolute Gasteiger partial charge is 0.252 e. The van der Waals surface area contributed by atoms with Crippen LogP contribution in [0.15, 0.2) is 0 Å². The average molecular weight is 400 g/mol. The molecule has 0 aromatic rings. The summed E-state index contributed by atoms with van der Waals surface area (Å²) in [6.45, 7) is 8.97. The normalized spacial score (nSPS) is 40.1. The van der Waals surface area contributed by atoms with Crippen molar-refractivity contribution in [3.05, 3.63) is 0 Å². The van der Waals surface area contributed by atoms with E-state index in [1.54, 1.807) is 27.7 Å². The topological polar surface area (TPSA) is 120 Å². The first-order valence-electron chi connectivity index (χ1n) is 9.63. The predicted octanol–water partition coefficient (Wildman–Crippen LogP) is -0.943. The van der Waals surface area contributed by atoms with E-state index in [-0.39, 0.29) is 24.0 Å². The van der Waals surface area contributed by atoms with Gasteiger partial charge in [0.15, 0.2) is 23.8 Å². The van der Waals surface area contributed by atoms with Crippen LogP contribution in [0.25, 0.3) is 0 Å². The highest BCUT2D eigenvalue weighted by atomic mass is 16.8. The second kappa shape index (κ2) is 7.19. The average Bonchev–Trinajstić information content (AvgIpc) is 3.52. The summed E-state index contributed by atoms with van der Waals surface area (Å²) in [6, 6.07) is 0. The number of epoxide rings is 2. The molecule has 0 aliphatic carbocycles. The predicted molar refractivity (Wildman–Crippen MR) is 93.1 cm³/mol. The molecule has 2 N–H and O–H groups in total. The Morgan fingerprint density at radius 2 is 1.11 bits per heavy atom. The Hall–Kier alpha value is -1.30. The van der Waals surface area contributed by atoms with Crippen LogP contribution >= 0.6 is 0 Å². The zero-order valence-corrected chi connectivity index (χ0v) is 16.6. The van der Waals surface area contributed by atoms with Crippen LogP contribution in [0.2, 0.25) is 0 Å². The van der Waals surface area contributed by atoms with Gasteiger partial charge in [0.05, 0.1) is 25.4 Å². The summed E-state index contributed by atoms with van der Waals surface area (Å²) in [7, 11) is 0. The third-order valence-corrected chi connectivity index (χ3v) is 4.91. The summed E-state index contributed by atoms with van der Waals surface area (Å²) in [5, 5.41) is 5.62. The molecule has 4 aliphatic rings. The fourth-order valence-electron chi connectivity index (χ4n) is 3.47. The summed E-state index contributed by atoms with van der Waals surface area (Å²) < 4.78 is 33.9. The molecule has 4 unspecified atom stereocenters. The molecule has 4 fully saturated rings. The highest BCUT2D eigenvalue weighted by molar-refractivity contribution is 5.84. The zero-order valence-electron chi connectivity index (χ0n) is 16.6. The molecule has 4 aliphatic heterocycles. The van der Waals surface area contributed by atoms with Crippen LogP contribution in [0.3, 0.4) is 0 Å². The van der Waals surface area contributed by atoms with Gasteiger partial charge in [0.2, 0.25) is 0 Å². The fraction of sp³-hybridized carbons (Fsp3) is 0.889. The van der Waals surface area contributed by atoms with Crippen LogP contribution in [0.1, 0.15) is 27.7 Å². The van der Waals surface area contributed by atoms with Gasteiger partial charge >= 0.3 is 0 Å². The van der Waals surface area contributed by atoms with E-state index in [4.69, 9.17) is 28.4 Å². The number of nitrogens with one attached hydrogen (secondary N) is 2. The third-order valence-electron chi connectivity index (χ3n) is 4.91. The highest BCUT2D eigenvalue weighted by Gasteiger charge is 2.57. The molecule has 10 nitrogen and oxygen atoms in total. The van der Waals surface area contributed by atoms with E-state index in [9.17, 15) is 9.59 Å². The second-order valence-electron chi connectivity index (χ2n) is 8.44. The third kappa shape index (κ3) is 4.64. The van der Waals surface area contributed by atoms with Gasteiger partial charge in [0, 0.05) is 13.1 Å². The van der Waals surface area contributed by atoms with Crippen molar-refractivity contribution in [2.24, 2.45) is 0 Å². The minimum absolute atomic E-state index is 0.0471. The van der Waals surface area contributed by atoms with Crippen molar-refractivity contribution >= 4 is 11.8 Å². The van der Waals surface area contributed by atoms with Crippen LogP contribution in [0, 0.1) is 0 Å². The summed E-state index contributed by atoms with van der Waals surface area (Å²) in [5.74, 6) is -2.65. The van der Waals surface area contributed by atoms with E-state index in [0.717, 1.165) is 0 Å². The second-order valence-corrected chi connectivity index (χ2v) is 8.44. The molecular weight excluding hydrogens is 372 g/mol.